The topological polar surface area (TPSA) is 112 Å². The summed E-state index contributed by atoms with van der Waals surface area (Å²) >= 11 is 0. The van der Waals surface area contributed by atoms with Gasteiger partial charge in [-0.3, -0.25) is 0 Å². The average molecular weight is 456 g/mol. The van der Waals surface area contributed by atoms with Gasteiger partial charge in [0.05, 0.1) is 25.2 Å². The second-order valence-corrected chi connectivity index (χ2v) is 7.37. The number of benzene rings is 2. The summed E-state index contributed by atoms with van der Waals surface area (Å²) in [7, 11) is 0. The van der Waals surface area contributed by atoms with Gasteiger partial charge in [-0.25, -0.2) is 14.0 Å². The third kappa shape index (κ3) is 7.44. The van der Waals surface area contributed by atoms with Crippen molar-refractivity contribution in [2.24, 2.45) is 0 Å². The normalized spacial score (nSPS) is 15.9. The molecule has 0 bridgehead atoms. The Morgan fingerprint density at radius 3 is 2.58 bits per heavy atom. The maximum Gasteiger partial charge on any atom is 0.328 e. The smallest absolute Gasteiger partial charge is 0.328 e. The predicted molar refractivity (Wildman–Crippen MR) is 121 cm³/mol. The maximum absolute atomic E-state index is 13.9. The SMILES string of the molecule is Fc1cc(N2CCN[C@H](COCc3ccccc3)C2)c2occc2c1.O=C(O)C=CC(=O)O. The summed E-state index contributed by atoms with van der Waals surface area (Å²) < 4.78 is 25.3. The standard InChI is InChI=1S/C20H21FN2O2.C4H4O4/c21-17-10-16-6-9-25-20(16)19(11-17)23-8-7-22-18(12-23)14-24-13-15-4-2-1-3-5-15;5-3(6)1-2-4(7)8/h1-6,9-11,18,22H,7-8,12-14H2;1-2H,(H,5,6)(H,7,8)/t18-;/m0./s1. The van der Waals surface area contributed by atoms with E-state index in [1.54, 1.807) is 18.4 Å². The Morgan fingerprint density at radius 1 is 1.15 bits per heavy atom. The Morgan fingerprint density at radius 2 is 1.88 bits per heavy atom. The van der Waals surface area contributed by atoms with Gasteiger partial charge in [0, 0.05) is 49.3 Å². The van der Waals surface area contributed by atoms with Crippen LogP contribution in [-0.4, -0.2) is 54.4 Å². The van der Waals surface area contributed by atoms with Crippen LogP contribution in [0.1, 0.15) is 5.56 Å². The minimum absolute atomic E-state index is 0.200. The Hall–Kier alpha value is -3.69. The van der Waals surface area contributed by atoms with Crippen molar-refractivity contribution in [3.63, 3.8) is 0 Å². The number of furan rings is 1. The van der Waals surface area contributed by atoms with Crippen LogP contribution in [-0.2, 0) is 20.9 Å². The zero-order valence-electron chi connectivity index (χ0n) is 17.8. The van der Waals surface area contributed by atoms with Gasteiger partial charge in [-0.15, -0.1) is 0 Å². The number of carboxylic acids is 2. The van der Waals surface area contributed by atoms with E-state index in [1.165, 1.54) is 6.07 Å². The zero-order valence-corrected chi connectivity index (χ0v) is 17.8. The Labute approximate surface area is 189 Å². The number of carbonyl (C=O) groups is 2. The molecule has 2 aromatic carbocycles. The van der Waals surface area contributed by atoms with Gasteiger partial charge in [0.1, 0.15) is 5.82 Å². The van der Waals surface area contributed by atoms with Crippen LogP contribution < -0.4 is 10.2 Å². The maximum atomic E-state index is 13.9. The van der Waals surface area contributed by atoms with Crippen molar-refractivity contribution in [1.82, 2.24) is 5.32 Å². The lowest BCUT2D eigenvalue weighted by Crippen LogP contribution is -2.52. The molecule has 33 heavy (non-hydrogen) atoms. The molecule has 3 N–H and O–H groups in total. The molecule has 1 atom stereocenters. The summed E-state index contributed by atoms with van der Waals surface area (Å²) in [5.74, 6) is -2.75. The van der Waals surface area contributed by atoms with Gasteiger partial charge in [-0.05, 0) is 17.7 Å². The van der Waals surface area contributed by atoms with E-state index in [0.29, 0.717) is 25.4 Å². The molecule has 1 saturated heterocycles. The molecule has 1 aliphatic rings. The van der Waals surface area contributed by atoms with Crippen molar-refractivity contribution in [1.29, 1.82) is 0 Å². The summed E-state index contributed by atoms with van der Waals surface area (Å²) in [4.78, 5) is 21.3. The van der Waals surface area contributed by atoms with Gasteiger partial charge in [0.2, 0.25) is 0 Å². The first-order chi connectivity index (χ1) is 15.9. The van der Waals surface area contributed by atoms with Gasteiger partial charge < -0.3 is 29.6 Å². The molecule has 1 aromatic heterocycles. The number of nitrogens with zero attached hydrogens (tertiary/aromatic N) is 1. The summed E-state index contributed by atoms with van der Waals surface area (Å²) in [5.41, 5.74) is 2.72. The van der Waals surface area contributed by atoms with Gasteiger partial charge in [0.25, 0.3) is 0 Å². The minimum atomic E-state index is -1.26. The predicted octanol–water partition coefficient (Wildman–Crippen LogP) is 3.28. The molecule has 3 aromatic rings. The van der Waals surface area contributed by atoms with Crippen LogP contribution in [0.2, 0.25) is 0 Å². The van der Waals surface area contributed by atoms with E-state index in [-0.39, 0.29) is 11.9 Å². The van der Waals surface area contributed by atoms with Crippen molar-refractivity contribution in [2.45, 2.75) is 12.6 Å². The third-order valence-electron chi connectivity index (χ3n) is 4.89. The number of halogens is 1. The number of rotatable bonds is 7. The summed E-state index contributed by atoms with van der Waals surface area (Å²) in [6, 6.07) is 15.2. The van der Waals surface area contributed by atoms with E-state index in [2.05, 4.69) is 22.3 Å². The minimum Gasteiger partial charge on any atom is -0.478 e. The lowest BCUT2D eigenvalue weighted by atomic mass is 10.1. The Kier molecular flexibility index (Phi) is 8.56. The molecule has 4 rings (SSSR count). The lowest BCUT2D eigenvalue weighted by molar-refractivity contribution is -0.134. The first-order valence-corrected chi connectivity index (χ1v) is 10.3. The third-order valence-corrected chi connectivity index (χ3v) is 4.89. The molecule has 0 amide bonds. The highest BCUT2D eigenvalue weighted by Gasteiger charge is 2.22. The monoisotopic (exact) mass is 456 g/mol. The Balaban J connectivity index is 0.000000331. The van der Waals surface area contributed by atoms with E-state index in [9.17, 15) is 14.0 Å². The fourth-order valence-corrected chi connectivity index (χ4v) is 3.45. The van der Waals surface area contributed by atoms with Crippen LogP contribution >= 0.6 is 0 Å². The first-order valence-electron chi connectivity index (χ1n) is 10.3. The molecule has 0 radical (unpaired) electrons. The number of anilines is 1. The zero-order chi connectivity index (χ0) is 23.6. The molecule has 0 unspecified atom stereocenters. The molecule has 0 saturated carbocycles. The number of fused-ring (bicyclic) bond motifs is 1. The van der Waals surface area contributed by atoms with Crippen molar-refractivity contribution < 1.29 is 33.3 Å². The van der Waals surface area contributed by atoms with Gasteiger partial charge in [0.15, 0.2) is 5.58 Å². The number of hydrogen-bond donors (Lipinski definition) is 3. The van der Waals surface area contributed by atoms with Crippen molar-refractivity contribution in [3.05, 3.63) is 78.3 Å². The number of hydrogen-bond acceptors (Lipinski definition) is 6. The van der Waals surface area contributed by atoms with E-state index in [1.807, 2.05) is 18.2 Å². The highest BCUT2D eigenvalue weighted by molar-refractivity contribution is 5.90. The highest BCUT2D eigenvalue weighted by Crippen LogP contribution is 2.29. The molecule has 8 nitrogen and oxygen atoms in total. The molecular weight excluding hydrogens is 431 g/mol. The highest BCUT2D eigenvalue weighted by atomic mass is 19.1. The number of ether oxygens (including phenoxy) is 1. The van der Waals surface area contributed by atoms with Crippen LogP contribution in [0.3, 0.4) is 0 Å². The van der Waals surface area contributed by atoms with E-state index < -0.39 is 11.9 Å². The largest absolute Gasteiger partial charge is 0.478 e. The number of nitrogens with one attached hydrogen (secondary N) is 1. The lowest BCUT2D eigenvalue weighted by Gasteiger charge is -2.35. The molecular formula is C24H25FN2O6. The quantitative estimate of drug-likeness (QED) is 0.465. The van der Waals surface area contributed by atoms with Crippen molar-refractivity contribution in [2.75, 3.05) is 31.1 Å². The summed E-state index contributed by atoms with van der Waals surface area (Å²) in [6.45, 7) is 3.62. The summed E-state index contributed by atoms with van der Waals surface area (Å²) in [6.07, 6.45) is 2.72. The molecule has 2 heterocycles. The molecule has 0 aliphatic carbocycles. The molecule has 9 heteroatoms. The number of aliphatic carboxylic acids is 2. The number of piperazine rings is 1. The Bertz CT molecular complexity index is 1080. The second kappa shape index (κ2) is 11.8. The molecule has 1 fully saturated rings. The van der Waals surface area contributed by atoms with Gasteiger partial charge >= 0.3 is 11.9 Å². The molecule has 0 spiro atoms. The molecule has 174 valence electrons. The van der Waals surface area contributed by atoms with Crippen molar-refractivity contribution >= 4 is 28.6 Å². The van der Waals surface area contributed by atoms with E-state index >= 15 is 0 Å². The van der Waals surface area contributed by atoms with Crippen LogP contribution in [0, 0.1) is 5.82 Å². The number of carboxylic acid groups (broad SMARTS) is 2. The van der Waals surface area contributed by atoms with Gasteiger partial charge in [-0.2, -0.15) is 0 Å². The molecule has 1 aliphatic heterocycles. The van der Waals surface area contributed by atoms with Crippen LogP contribution in [0.5, 0.6) is 0 Å². The first kappa shape index (κ1) is 24.0. The van der Waals surface area contributed by atoms with Crippen molar-refractivity contribution in [3.8, 4) is 0 Å². The van der Waals surface area contributed by atoms with Gasteiger partial charge in [-0.1, -0.05) is 30.3 Å². The fraction of sp³-hybridized carbons (Fsp3) is 0.250. The van der Waals surface area contributed by atoms with E-state index in [4.69, 9.17) is 19.4 Å². The summed E-state index contributed by atoms with van der Waals surface area (Å²) in [5, 5.41) is 19.9. The van der Waals surface area contributed by atoms with Crippen LogP contribution in [0.4, 0.5) is 10.1 Å². The van der Waals surface area contributed by atoms with Crippen LogP contribution in [0.15, 0.2) is 71.4 Å². The fourth-order valence-electron chi connectivity index (χ4n) is 3.45. The second-order valence-electron chi connectivity index (χ2n) is 7.37. The van der Waals surface area contributed by atoms with Crippen LogP contribution in [0.25, 0.3) is 11.0 Å². The average Bonchev–Trinajstić information content (AvgIpc) is 3.27. The van der Waals surface area contributed by atoms with E-state index in [0.717, 1.165) is 41.9 Å².